The molecule has 2 heterocycles. The van der Waals surface area contributed by atoms with Crippen LogP contribution in [0.15, 0.2) is 61.2 Å². The van der Waals surface area contributed by atoms with Crippen molar-refractivity contribution in [1.82, 2.24) is 19.1 Å². The van der Waals surface area contributed by atoms with Crippen molar-refractivity contribution in [2.75, 3.05) is 5.32 Å². The summed E-state index contributed by atoms with van der Waals surface area (Å²) in [6, 6.07) is 11.9. The number of imidazole rings is 2. The minimum Gasteiger partial charge on any atom is -0.310 e. The Kier molecular flexibility index (Phi) is 4.32. The molecule has 0 unspecified atom stereocenters. The third-order valence-corrected chi connectivity index (χ3v) is 4.41. The highest BCUT2D eigenvalue weighted by Crippen LogP contribution is 2.25. The topological polar surface area (TPSA) is 108 Å². The lowest BCUT2D eigenvalue weighted by atomic mass is 10.1. The summed E-state index contributed by atoms with van der Waals surface area (Å²) in [6.07, 6.45) is 4.59. The first-order valence-corrected chi connectivity index (χ1v) is 8.62. The van der Waals surface area contributed by atoms with Gasteiger partial charge in [-0.05, 0) is 31.2 Å². The van der Waals surface area contributed by atoms with Crippen LogP contribution in [0.2, 0.25) is 0 Å². The summed E-state index contributed by atoms with van der Waals surface area (Å²) in [7, 11) is 0. The fourth-order valence-corrected chi connectivity index (χ4v) is 3.10. The number of carbonyl (C=O) groups is 1. The van der Waals surface area contributed by atoms with E-state index in [1.54, 1.807) is 6.20 Å². The molecule has 0 atom stereocenters. The smallest absolute Gasteiger partial charge is 0.294 e. The van der Waals surface area contributed by atoms with Gasteiger partial charge in [0, 0.05) is 30.6 Å². The quantitative estimate of drug-likeness (QED) is 0.424. The maximum Gasteiger partial charge on any atom is 0.294 e. The second-order valence-electron chi connectivity index (χ2n) is 6.05. The highest BCUT2D eigenvalue weighted by atomic mass is 16.6. The molecule has 0 aliphatic heterocycles. The van der Waals surface area contributed by atoms with Crippen LogP contribution in [0.25, 0.3) is 16.7 Å². The van der Waals surface area contributed by atoms with E-state index in [2.05, 4.69) is 15.3 Å². The first kappa shape index (κ1) is 17.4. The molecule has 28 heavy (non-hydrogen) atoms. The van der Waals surface area contributed by atoms with Gasteiger partial charge in [0.25, 0.3) is 11.6 Å². The molecular weight excluding hydrogens is 360 g/mol. The number of carbonyl (C=O) groups excluding carboxylic acids is 1. The van der Waals surface area contributed by atoms with E-state index < -0.39 is 10.8 Å². The first-order valence-electron chi connectivity index (χ1n) is 8.62. The van der Waals surface area contributed by atoms with Crippen molar-refractivity contribution < 1.29 is 9.72 Å². The molecule has 0 aliphatic rings. The molecule has 9 nitrogen and oxygen atoms in total. The Hall–Kier alpha value is -4.01. The predicted molar refractivity (Wildman–Crippen MR) is 104 cm³/mol. The van der Waals surface area contributed by atoms with E-state index in [1.165, 1.54) is 35.3 Å². The second-order valence-corrected chi connectivity index (χ2v) is 6.05. The highest BCUT2D eigenvalue weighted by molar-refractivity contribution is 6.04. The van der Waals surface area contributed by atoms with Gasteiger partial charge in [0.15, 0.2) is 0 Å². The van der Waals surface area contributed by atoms with Gasteiger partial charge in [-0.2, -0.15) is 0 Å². The molecular formula is C19H16N6O3. The van der Waals surface area contributed by atoms with Crippen LogP contribution in [0, 0.1) is 10.1 Å². The lowest BCUT2D eigenvalue weighted by Crippen LogP contribution is -2.16. The Labute approximate surface area is 159 Å². The average molecular weight is 376 g/mol. The van der Waals surface area contributed by atoms with Crippen LogP contribution in [-0.2, 0) is 6.54 Å². The summed E-state index contributed by atoms with van der Waals surface area (Å²) in [4.78, 5) is 32.0. The Morgan fingerprint density at radius 1 is 1.25 bits per heavy atom. The lowest BCUT2D eigenvalue weighted by Gasteiger charge is -2.09. The SMILES string of the molecule is CCn1c(NC(=O)c2ccc(-n3ccnc3)c([N+](=O)[O-])c2)nc2ccccc21. The number of nitro groups is 1. The van der Waals surface area contributed by atoms with E-state index in [0.717, 1.165) is 11.0 Å². The Morgan fingerprint density at radius 2 is 2.07 bits per heavy atom. The van der Waals surface area contributed by atoms with Crippen LogP contribution >= 0.6 is 0 Å². The Balaban J connectivity index is 1.69. The van der Waals surface area contributed by atoms with Crippen LogP contribution in [0.1, 0.15) is 17.3 Å². The number of para-hydroxylation sites is 2. The summed E-state index contributed by atoms with van der Waals surface area (Å²) < 4.78 is 3.40. The van der Waals surface area contributed by atoms with E-state index in [-0.39, 0.29) is 11.3 Å². The summed E-state index contributed by atoms with van der Waals surface area (Å²) in [5, 5.41) is 14.3. The Bertz CT molecular complexity index is 1180. The Morgan fingerprint density at radius 3 is 2.79 bits per heavy atom. The summed E-state index contributed by atoms with van der Waals surface area (Å²) in [5.74, 6) is -0.0691. The summed E-state index contributed by atoms with van der Waals surface area (Å²) in [5.41, 5.74) is 1.99. The maximum absolute atomic E-state index is 12.7. The number of rotatable bonds is 5. The van der Waals surface area contributed by atoms with Crippen LogP contribution in [0.4, 0.5) is 11.6 Å². The van der Waals surface area contributed by atoms with E-state index in [9.17, 15) is 14.9 Å². The average Bonchev–Trinajstić information content (AvgIpc) is 3.34. The van der Waals surface area contributed by atoms with Crippen molar-refractivity contribution in [2.45, 2.75) is 13.5 Å². The highest BCUT2D eigenvalue weighted by Gasteiger charge is 2.20. The van der Waals surface area contributed by atoms with Gasteiger partial charge in [-0.3, -0.25) is 20.2 Å². The fourth-order valence-electron chi connectivity index (χ4n) is 3.10. The largest absolute Gasteiger partial charge is 0.310 e. The summed E-state index contributed by atoms with van der Waals surface area (Å²) in [6.45, 7) is 2.57. The van der Waals surface area contributed by atoms with Crippen LogP contribution in [-0.4, -0.2) is 29.9 Å². The molecule has 1 N–H and O–H groups in total. The zero-order valence-electron chi connectivity index (χ0n) is 14.9. The number of benzene rings is 2. The lowest BCUT2D eigenvalue weighted by molar-refractivity contribution is -0.384. The van der Waals surface area contributed by atoms with Crippen molar-refractivity contribution in [2.24, 2.45) is 0 Å². The molecule has 4 rings (SSSR count). The molecule has 0 bridgehead atoms. The first-order chi connectivity index (χ1) is 13.6. The third-order valence-electron chi connectivity index (χ3n) is 4.41. The van der Waals surface area contributed by atoms with Gasteiger partial charge in [-0.15, -0.1) is 0 Å². The van der Waals surface area contributed by atoms with E-state index in [1.807, 2.05) is 35.8 Å². The van der Waals surface area contributed by atoms with E-state index in [4.69, 9.17) is 0 Å². The third kappa shape index (κ3) is 2.98. The number of nitro benzene ring substituents is 1. The normalized spacial score (nSPS) is 10.9. The minimum absolute atomic E-state index is 0.172. The number of aromatic nitrogens is 4. The molecule has 9 heteroatoms. The number of nitrogens with zero attached hydrogens (tertiary/aromatic N) is 5. The van der Waals surface area contributed by atoms with Gasteiger partial charge in [-0.25, -0.2) is 9.97 Å². The van der Waals surface area contributed by atoms with Gasteiger partial charge in [0.05, 0.1) is 22.3 Å². The predicted octanol–water partition coefficient (Wildman–Crippen LogP) is 3.40. The van der Waals surface area contributed by atoms with Crippen molar-refractivity contribution in [1.29, 1.82) is 0 Å². The monoisotopic (exact) mass is 376 g/mol. The number of hydrogen-bond donors (Lipinski definition) is 1. The molecule has 1 amide bonds. The zero-order chi connectivity index (χ0) is 19.7. The second kappa shape index (κ2) is 6.95. The molecule has 2 aromatic heterocycles. The van der Waals surface area contributed by atoms with Crippen LogP contribution < -0.4 is 5.32 Å². The standard InChI is InChI=1S/C19H16N6O3/c1-2-24-15-6-4-3-5-14(15)21-19(24)22-18(26)13-7-8-16(17(11-13)25(27)28)23-10-9-20-12-23/h3-12H,2H2,1H3,(H,21,22,26). The molecule has 0 saturated heterocycles. The number of aryl methyl sites for hydroxylation is 1. The fraction of sp³-hybridized carbons (Fsp3) is 0.105. The van der Waals surface area contributed by atoms with E-state index in [0.29, 0.717) is 18.2 Å². The molecule has 2 aromatic carbocycles. The van der Waals surface area contributed by atoms with Gasteiger partial charge < -0.3 is 9.13 Å². The van der Waals surface area contributed by atoms with Gasteiger partial charge in [-0.1, -0.05) is 12.1 Å². The number of hydrogen-bond acceptors (Lipinski definition) is 5. The molecule has 140 valence electrons. The summed E-state index contributed by atoms with van der Waals surface area (Å²) >= 11 is 0. The van der Waals surface area contributed by atoms with Crippen LogP contribution in [0.5, 0.6) is 0 Å². The number of nitrogens with one attached hydrogen (secondary N) is 1. The molecule has 4 aromatic rings. The molecule has 0 radical (unpaired) electrons. The minimum atomic E-state index is -0.520. The van der Waals surface area contributed by atoms with Crippen molar-refractivity contribution in [3.8, 4) is 5.69 Å². The van der Waals surface area contributed by atoms with Crippen LogP contribution in [0.3, 0.4) is 0 Å². The van der Waals surface area contributed by atoms with Gasteiger partial charge in [0.2, 0.25) is 5.95 Å². The molecule has 0 saturated carbocycles. The van der Waals surface area contributed by atoms with Crippen molar-refractivity contribution in [3.05, 3.63) is 76.9 Å². The number of fused-ring (bicyclic) bond motifs is 1. The van der Waals surface area contributed by atoms with Crippen molar-refractivity contribution in [3.63, 3.8) is 0 Å². The molecule has 0 aliphatic carbocycles. The zero-order valence-corrected chi connectivity index (χ0v) is 14.9. The maximum atomic E-state index is 12.7. The number of amides is 1. The van der Waals surface area contributed by atoms with Crippen molar-refractivity contribution >= 4 is 28.6 Å². The van der Waals surface area contributed by atoms with Gasteiger partial charge >= 0.3 is 0 Å². The molecule has 0 fully saturated rings. The van der Waals surface area contributed by atoms with Gasteiger partial charge in [0.1, 0.15) is 5.69 Å². The van der Waals surface area contributed by atoms with E-state index >= 15 is 0 Å². The number of anilines is 1. The molecule has 0 spiro atoms.